The summed E-state index contributed by atoms with van der Waals surface area (Å²) in [4.78, 5) is 3.99. The summed E-state index contributed by atoms with van der Waals surface area (Å²) in [7, 11) is 0. The van der Waals surface area contributed by atoms with Crippen LogP contribution in [-0.2, 0) is 11.2 Å². The Hall–Kier alpha value is -0.940. The van der Waals surface area contributed by atoms with E-state index in [1.807, 2.05) is 0 Å². The van der Waals surface area contributed by atoms with Crippen molar-refractivity contribution in [3.8, 4) is 0 Å². The van der Waals surface area contributed by atoms with Crippen LogP contribution in [0.2, 0.25) is 0 Å². The van der Waals surface area contributed by atoms with Gasteiger partial charge in [0.1, 0.15) is 0 Å². The molecule has 90 valence electrons. The molecule has 0 radical (unpaired) electrons. The highest BCUT2D eigenvalue weighted by molar-refractivity contribution is 4.84. The Morgan fingerprint density at radius 2 is 2.44 bits per heavy atom. The van der Waals surface area contributed by atoms with E-state index < -0.39 is 0 Å². The number of hydrogen-bond acceptors (Lipinski definition) is 5. The van der Waals surface area contributed by atoms with Gasteiger partial charge in [0.15, 0.2) is 6.33 Å². The number of rotatable bonds is 4. The molecule has 1 unspecified atom stereocenters. The highest BCUT2D eigenvalue weighted by atomic mass is 16.5. The predicted octanol–water partition coefficient (Wildman–Crippen LogP) is 1.16. The van der Waals surface area contributed by atoms with Crippen molar-refractivity contribution >= 4 is 0 Å². The first kappa shape index (κ1) is 11.5. The maximum Gasteiger partial charge on any atom is 0.227 e. The second kappa shape index (κ2) is 4.93. The Kier molecular flexibility index (Phi) is 3.56. The van der Waals surface area contributed by atoms with Gasteiger partial charge in [-0.05, 0) is 26.7 Å². The van der Waals surface area contributed by atoms with Crippen molar-refractivity contribution in [2.45, 2.75) is 44.8 Å². The lowest BCUT2D eigenvalue weighted by molar-refractivity contribution is -0.0627. The minimum absolute atomic E-state index is 0.000401. The fraction of sp³-hybridized carbons (Fsp3) is 0.818. The molecule has 5 nitrogen and oxygen atoms in total. The SMILES string of the molecule is CC1(C)CC(NCCc2ncno2)CCO1. The summed E-state index contributed by atoms with van der Waals surface area (Å²) in [5.74, 6) is 0.693. The smallest absolute Gasteiger partial charge is 0.227 e. The average Bonchev–Trinajstić information content (AvgIpc) is 2.69. The number of nitrogens with zero attached hydrogens (tertiary/aromatic N) is 2. The van der Waals surface area contributed by atoms with Crippen molar-refractivity contribution < 1.29 is 9.26 Å². The predicted molar refractivity (Wildman–Crippen MR) is 59.1 cm³/mol. The molecule has 0 spiro atoms. The second-order valence-corrected chi connectivity index (χ2v) is 4.84. The van der Waals surface area contributed by atoms with Gasteiger partial charge in [0.25, 0.3) is 0 Å². The Morgan fingerprint density at radius 3 is 3.12 bits per heavy atom. The highest BCUT2D eigenvalue weighted by Gasteiger charge is 2.28. The van der Waals surface area contributed by atoms with Crippen molar-refractivity contribution in [3.05, 3.63) is 12.2 Å². The molecule has 0 saturated carbocycles. The molecule has 0 aromatic carbocycles. The zero-order valence-corrected chi connectivity index (χ0v) is 9.90. The second-order valence-electron chi connectivity index (χ2n) is 4.84. The minimum atomic E-state index is 0.000401. The van der Waals surface area contributed by atoms with E-state index in [1.54, 1.807) is 0 Å². The monoisotopic (exact) mass is 225 g/mol. The number of nitrogens with one attached hydrogen (secondary N) is 1. The largest absolute Gasteiger partial charge is 0.375 e. The molecule has 0 bridgehead atoms. The number of hydrogen-bond donors (Lipinski definition) is 1. The molecule has 1 aromatic heterocycles. The summed E-state index contributed by atoms with van der Waals surface area (Å²) >= 11 is 0. The molecule has 0 amide bonds. The van der Waals surface area contributed by atoms with E-state index in [0.717, 1.165) is 32.4 Å². The summed E-state index contributed by atoms with van der Waals surface area (Å²) in [6.07, 6.45) is 4.36. The lowest BCUT2D eigenvalue weighted by Crippen LogP contribution is -2.44. The van der Waals surface area contributed by atoms with Crippen molar-refractivity contribution in [1.29, 1.82) is 0 Å². The number of aromatic nitrogens is 2. The molecular weight excluding hydrogens is 206 g/mol. The summed E-state index contributed by atoms with van der Waals surface area (Å²) in [5.41, 5.74) is 0.000401. The van der Waals surface area contributed by atoms with Crippen LogP contribution in [0.4, 0.5) is 0 Å². The van der Waals surface area contributed by atoms with Crippen LogP contribution >= 0.6 is 0 Å². The molecule has 1 N–H and O–H groups in total. The first-order chi connectivity index (χ1) is 7.66. The molecule has 1 aromatic rings. The normalized spacial score (nSPS) is 24.5. The molecular formula is C11H19N3O2. The van der Waals surface area contributed by atoms with Crippen LogP contribution in [0.3, 0.4) is 0 Å². The third-order valence-electron chi connectivity index (χ3n) is 2.88. The maximum atomic E-state index is 5.67. The molecule has 1 atom stereocenters. The van der Waals surface area contributed by atoms with Gasteiger partial charge in [0.2, 0.25) is 5.89 Å². The zero-order valence-electron chi connectivity index (χ0n) is 9.90. The van der Waals surface area contributed by atoms with Gasteiger partial charge in [-0.2, -0.15) is 4.98 Å². The Morgan fingerprint density at radius 1 is 1.56 bits per heavy atom. The van der Waals surface area contributed by atoms with E-state index in [9.17, 15) is 0 Å². The quantitative estimate of drug-likeness (QED) is 0.833. The van der Waals surface area contributed by atoms with Gasteiger partial charge >= 0.3 is 0 Å². The molecule has 1 fully saturated rings. The molecule has 2 heterocycles. The first-order valence-corrected chi connectivity index (χ1v) is 5.79. The van der Waals surface area contributed by atoms with Gasteiger partial charge in [-0.15, -0.1) is 0 Å². The average molecular weight is 225 g/mol. The lowest BCUT2D eigenvalue weighted by atomic mass is 9.94. The maximum absolute atomic E-state index is 5.67. The van der Waals surface area contributed by atoms with E-state index in [0.29, 0.717) is 11.9 Å². The van der Waals surface area contributed by atoms with Gasteiger partial charge in [0, 0.05) is 25.6 Å². The molecule has 0 aliphatic carbocycles. The van der Waals surface area contributed by atoms with Crippen LogP contribution in [-0.4, -0.2) is 34.9 Å². The lowest BCUT2D eigenvalue weighted by Gasteiger charge is -2.35. The molecule has 5 heteroatoms. The topological polar surface area (TPSA) is 60.2 Å². The first-order valence-electron chi connectivity index (χ1n) is 5.79. The van der Waals surface area contributed by atoms with Crippen LogP contribution in [0.1, 0.15) is 32.6 Å². The number of ether oxygens (including phenoxy) is 1. The fourth-order valence-electron chi connectivity index (χ4n) is 2.10. The van der Waals surface area contributed by atoms with E-state index >= 15 is 0 Å². The van der Waals surface area contributed by atoms with Crippen molar-refractivity contribution in [3.63, 3.8) is 0 Å². The van der Waals surface area contributed by atoms with Crippen molar-refractivity contribution in [1.82, 2.24) is 15.5 Å². The third kappa shape index (κ3) is 3.28. The van der Waals surface area contributed by atoms with Crippen molar-refractivity contribution in [2.24, 2.45) is 0 Å². The van der Waals surface area contributed by atoms with Gasteiger partial charge < -0.3 is 14.6 Å². The summed E-state index contributed by atoms with van der Waals surface area (Å²) in [5, 5.41) is 7.08. The summed E-state index contributed by atoms with van der Waals surface area (Å²) in [6.45, 7) is 5.99. The Bertz CT molecular complexity index is 311. The van der Waals surface area contributed by atoms with Gasteiger partial charge in [-0.1, -0.05) is 5.16 Å². The molecule has 1 saturated heterocycles. The Labute approximate surface area is 95.6 Å². The van der Waals surface area contributed by atoms with Crippen LogP contribution in [0.25, 0.3) is 0 Å². The van der Waals surface area contributed by atoms with Crippen molar-refractivity contribution in [2.75, 3.05) is 13.2 Å². The van der Waals surface area contributed by atoms with E-state index in [4.69, 9.17) is 9.26 Å². The zero-order chi connectivity index (χ0) is 11.4. The molecule has 1 aliphatic rings. The van der Waals surface area contributed by atoms with E-state index in [1.165, 1.54) is 6.33 Å². The molecule has 2 rings (SSSR count). The van der Waals surface area contributed by atoms with Crippen LogP contribution in [0.15, 0.2) is 10.9 Å². The van der Waals surface area contributed by atoms with Crippen LogP contribution in [0.5, 0.6) is 0 Å². The summed E-state index contributed by atoms with van der Waals surface area (Å²) in [6, 6.07) is 0.534. The van der Waals surface area contributed by atoms with Gasteiger partial charge in [-0.25, -0.2) is 0 Å². The minimum Gasteiger partial charge on any atom is -0.375 e. The van der Waals surface area contributed by atoms with Gasteiger partial charge in [0.05, 0.1) is 5.60 Å². The van der Waals surface area contributed by atoms with Crippen LogP contribution in [0, 0.1) is 0 Å². The highest BCUT2D eigenvalue weighted by Crippen LogP contribution is 2.23. The molecule has 16 heavy (non-hydrogen) atoms. The Balaban J connectivity index is 1.70. The van der Waals surface area contributed by atoms with Gasteiger partial charge in [-0.3, -0.25) is 0 Å². The standard InChI is InChI=1S/C11H19N3O2/c1-11(2)7-9(4-6-15-11)12-5-3-10-13-8-14-16-10/h8-9,12H,3-7H2,1-2H3. The molecule has 1 aliphatic heterocycles. The fourth-order valence-corrected chi connectivity index (χ4v) is 2.10. The van der Waals surface area contributed by atoms with E-state index in [-0.39, 0.29) is 5.60 Å². The third-order valence-corrected chi connectivity index (χ3v) is 2.88. The van der Waals surface area contributed by atoms with Crippen LogP contribution < -0.4 is 5.32 Å². The van der Waals surface area contributed by atoms with E-state index in [2.05, 4.69) is 29.3 Å². The summed E-state index contributed by atoms with van der Waals surface area (Å²) < 4.78 is 10.6.